The van der Waals surface area contributed by atoms with Crippen LogP contribution in [-0.4, -0.2) is 62.0 Å². The molecule has 0 bridgehead atoms. The summed E-state index contributed by atoms with van der Waals surface area (Å²) in [5.74, 6) is 1.73. The highest BCUT2D eigenvalue weighted by atomic mass is 16.5. The molecule has 0 N–H and O–H groups in total. The van der Waals surface area contributed by atoms with Gasteiger partial charge in [0.05, 0.1) is 14.2 Å². The predicted molar refractivity (Wildman–Crippen MR) is 109 cm³/mol. The molecule has 29 heavy (non-hydrogen) atoms. The van der Waals surface area contributed by atoms with Gasteiger partial charge in [-0.2, -0.15) is 0 Å². The predicted octanol–water partition coefficient (Wildman–Crippen LogP) is 2.79. The molecule has 0 aromatic heterocycles. The molecule has 4 rings (SSSR count). The molecule has 1 heterocycles. The van der Waals surface area contributed by atoms with E-state index in [1.54, 1.807) is 37.3 Å². The fourth-order valence-corrected chi connectivity index (χ4v) is 4.05. The number of methoxy groups -OCH3 is 2. The molecule has 1 aliphatic carbocycles. The Balaban J connectivity index is 1.34. The van der Waals surface area contributed by atoms with Crippen molar-refractivity contribution in [3.63, 3.8) is 0 Å². The van der Waals surface area contributed by atoms with Crippen molar-refractivity contribution in [3.05, 3.63) is 59.7 Å². The van der Waals surface area contributed by atoms with Crippen LogP contribution in [0.4, 0.5) is 0 Å². The number of amides is 2. The maximum atomic E-state index is 12.9. The van der Waals surface area contributed by atoms with Crippen LogP contribution in [0.2, 0.25) is 0 Å². The summed E-state index contributed by atoms with van der Waals surface area (Å²) in [6.07, 6.45) is 0.924. The van der Waals surface area contributed by atoms with Gasteiger partial charge in [-0.3, -0.25) is 9.59 Å². The molecule has 2 aromatic carbocycles. The van der Waals surface area contributed by atoms with Crippen molar-refractivity contribution in [2.24, 2.45) is 5.92 Å². The van der Waals surface area contributed by atoms with E-state index < -0.39 is 0 Å². The third-order valence-corrected chi connectivity index (χ3v) is 5.84. The van der Waals surface area contributed by atoms with Crippen molar-refractivity contribution < 1.29 is 19.1 Å². The standard InChI is InChI=1S/C23H26N2O4/c1-28-20-9-8-17(14-21(20)29-2)22(26)24-10-12-25(13-11-24)23(27)19-15-18(19)16-6-4-3-5-7-16/h3-9,14,18-19H,10-13,15H2,1-2H3/t18-,19+/m0/s1. The largest absolute Gasteiger partial charge is 0.493 e. The summed E-state index contributed by atoms with van der Waals surface area (Å²) < 4.78 is 10.5. The number of hydrogen-bond donors (Lipinski definition) is 0. The van der Waals surface area contributed by atoms with Crippen LogP contribution in [0.5, 0.6) is 11.5 Å². The van der Waals surface area contributed by atoms with Crippen molar-refractivity contribution in [2.75, 3.05) is 40.4 Å². The Bertz CT molecular complexity index is 891. The molecule has 1 saturated heterocycles. The monoisotopic (exact) mass is 394 g/mol. The normalized spacial score (nSPS) is 20.9. The lowest BCUT2D eigenvalue weighted by atomic mass is 10.1. The highest BCUT2D eigenvalue weighted by molar-refractivity contribution is 5.95. The lowest BCUT2D eigenvalue weighted by molar-refractivity contribution is -0.134. The van der Waals surface area contributed by atoms with Crippen LogP contribution in [0.15, 0.2) is 48.5 Å². The molecule has 0 radical (unpaired) electrons. The van der Waals surface area contributed by atoms with Gasteiger partial charge in [-0.1, -0.05) is 30.3 Å². The molecule has 2 atom stereocenters. The zero-order valence-electron chi connectivity index (χ0n) is 16.8. The first kappa shape index (κ1) is 19.3. The van der Waals surface area contributed by atoms with Crippen molar-refractivity contribution in [3.8, 4) is 11.5 Å². The van der Waals surface area contributed by atoms with E-state index in [0.29, 0.717) is 49.2 Å². The summed E-state index contributed by atoms with van der Waals surface area (Å²) in [6, 6.07) is 15.4. The van der Waals surface area contributed by atoms with Gasteiger partial charge in [0, 0.05) is 37.7 Å². The number of rotatable bonds is 5. The molecule has 2 amide bonds. The molecule has 6 heteroatoms. The highest BCUT2D eigenvalue weighted by Crippen LogP contribution is 2.48. The van der Waals surface area contributed by atoms with Crippen LogP contribution in [0.1, 0.15) is 28.3 Å². The summed E-state index contributed by atoms with van der Waals surface area (Å²) in [6.45, 7) is 2.25. The van der Waals surface area contributed by atoms with Crippen LogP contribution in [0.3, 0.4) is 0 Å². The summed E-state index contributed by atoms with van der Waals surface area (Å²) in [7, 11) is 3.12. The molecule has 2 aliphatic rings. The zero-order valence-corrected chi connectivity index (χ0v) is 16.8. The lowest BCUT2D eigenvalue weighted by Gasteiger charge is -2.35. The Morgan fingerprint density at radius 1 is 0.862 bits per heavy atom. The minimum atomic E-state index is -0.0494. The van der Waals surface area contributed by atoms with Crippen LogP contribution in [0.25, 0.3) is 0 Å². The fourth-order valence-electron chi connectivity index (χ4n) is 4.05. The van der Waals surface area contributed by atoms with Gasteiger partial charge in [0.2, 0.25) is 5.91 Å². The van der Waals surface area contributed by atoms with Gasteiger partial charge >= 0.3 is 0 Å². The Labute approximate surface area is 171 Å². The second-order valence-corrected chi connectivity index (χ2v) is 7.55. The Hall–Kier alpha value is -3.02. The van der Waals surface area contributed by atoms with Gasteiger partial charge in [-0.15, -0.1) is 0 Å². The SMILES string of the molecule is COc1ccc(C(=O)N2CCN(C(=O)[C@@H]3C[C@H]3c3ccccc3)CC2)cc1OC. The number of nitrogens with zero attached hydrogens (tertiary/aromatic N) is 2. The number of piperazine rings is 1. The summed E-state index contributed by atoms with van der Waals surface area (Å²) in [4.78, 5) is 29.4. The molecule has 2 aromatic rings. The van der Waals surface area contributed by atoms with Crippen LogP contribution in [0, 0.1) is 5.92 Å². The Kier molecular flexibility index (Phi) is 5.43. The van der Waals surface area contributed by atoms with Crippen LogP contribution >= 0.6 is 0 Å². The third-order valence-electron chi connectivity index (χ3n) is 5.84. The average molecular weight is 394 g/mol. The molecule has 6 nitrogen and oxygen atoms in total. The van der Waals surface area contributed by atoms with Crippen LogP contribution in [-0.2, 0) is 4.79 Å². The highest BCUT2D eigenvalue weighted by Gasteiger charge is 2.46. The van der Waals surface area contributed by atoms with Gasteiger partial charge in [0.25, 0.3) is 5.91 Å². The van der Waals surface area contributed by atoms with Gasteiger partial charge in [0.15, 0.2) is 11.5 Å². The van der Waals surface area contributed by atoms with Crippen LogP contribution < -0.4 is 9.47 Å². The van der Waals surface area contributed by atoms with Gasteiger partial charge in [-0.05, 0) is 36.1 Å². The van der Waals surface area contributed by atoms with Crippen molar-refractivity contribution in [1.82, 2.24) is 9.80 Å². The van der Waals surface area contributed by atoms with E-state index in [2.05, 4.69) is 12.1 Å². The Morgan fingerprint density at radius 3 is 2.17 bits per heavy atom. The third kappa shape index (κ3) is 3.92. The zero-order chi connectivity index (χ0) is 20.4. The van der Waals surface area contributed by atoms with E-state index in [9.17, 15) is 9.59 Å². The molecule has 152 valence electrons. The second-order valence-electron chi connectivity index (χ2n) is 7.55. The van der Waals surface area contributed by atoms with E-state index in [1.165, 1.54) is 5.56 Å². The number of carbonyl (C=O) groups excluding carboxylic acids is 2. The lowest BCUT2D eigenvalue weighted by Crippen LogP contribution is -2.51. The van der Waals surface area contributed by atoms with Crippen molar-refractivity contribution in [2.45, 2.75) is 12.3 Å². The number of benzene rings is 2. The van der Waals surface area contributed by atoms with Crippen molar-refractivity contribution in [1.29, 1.82) is 0 Å². The summed E-state index contributed by atoms with van der Waals surface area (Å²) in [5.41, 5.74) is 1.81. The maximum absolute atomic E-state index is 12.9. The first-order valence-corrected chi connectivity index (χ1v) is 9.97. The molecule has 2 fully saturated rings. The Morgan fingerprint density at radius 2 is 1.52 bits per heavy atom. The summed E-state index contributed by atoms with van der Waals surface area (Å²) in [5, 5.41) is 0. The molecule has 1 aliphatic heterocycles. The van der Waals surface area contributed by atoms with Gasteiger partial charge in [0.1, 0.15) is 0 Å². The fraction of sp³-hybridized carbons (Fsp3) is 0.391. The minimum absolute atomic E-state index is 0.0494. The number of ether oxygens (including phenoxy) is 2. The van der Waals surface area contributed by atoms with E-state index in [1.807, 2.05) is 23.1 Å². The molecular weight excluding hydrogens is 368 g/mol. The topological polar surface area (TPSA) is 59.1 Å². The summed E-state index contributed by atoms with van der Waals surface area (Å²) >= 11 is 0. The van der Waals surface area contributed by atoms with Gasteiger partial charge < -0.3 is 19.3 Å². The molecular formula is C23H26N2O4. The maximum Gasteiger partial charge on any atom is 0.254 e. The molecule has 0 unspecified atom stereocenters. The number of carbonyl (C=O) groups is 2. The molecule has 0 spiro atoms. The van der Waals surface area contributed by atoms with Gasteiger partial charge in [-0.25, -0.2) is 0 Å². The van der Waals surface area contributed by atoms with E-state index in [-0.39, 0.29) is 17.7 Å². The van der Waals surface area contributed by atoms with E-state index in [0.717, 1.165) is 6.42 Å². The molecule has 1 saturated carbocycles. The second kappa shape index (κ2) is 8.15. The van der Waals surface area contributed by atoms with Crippen molar-refractivity contribution >= 4 is 11.8 Å². The first-order chi connectivity index (χ1) is 14.1. The van der Waals surface area contributed by atoms with E-state index >= 15 is 0 Å². The first-order valence-electron chi connectivity index (χ1n) is 9.97. The smallest absolute Gasteiger partial charge is 0.254 e. The average Bonchev–Trinajstić information content (AvgIpc) is 3.59. The minimum Gasteiger partial charge on any atom is -0.493 e. The quantitative estimate of drug-likeness (QED) is 0.783. The number of hydrogen-bond acceptors (Lipinski definition) is 4. The van der Waals surface area contributed by atoms with E-state index in [4.69, 9.17) is 9.47 Å².